The molecule has 20 heavy (non-hydrogen) atoms. The summed E-state index contributed by atoms with van der Waals surface area (Å²) in [7, 11) is 0. The molecule has 1 aromatic rings. The largest absolute Gasteiger partial charge is 0.492 e. The lowest BCUT2D eigenvalue weighted by Crippen LogP contribution is -2.00. The van der Waals surface area contributed by atoms with E-state index in [9.17, 15) is 10.1 Å². The molecule has 0 atom stereocenters. The van der Waals surface area contributed by atoms with Crippen LogP contribution in [0.15, 0.2) is 18.2 Å². The number of nitrogens with two attached hydrogens (primary N) is 1. The minimum absolute atomic E-state index is 0.0988. The Labute approximate surface area is 133 Å². The number of nitro groups is 1. The third kappa shape index (κ3) is 6.51. The molecule has 0 aliphatic carbocycles. The van der Waals surface area contributed by atoms with Crippen LogP contribution in [0.3, 0.4) is 0 Å². The molecule has 1 rings (SSSR count). The maximum Gasteiger partial charge on any atom is 0.270 e. The first-order chi connectivity index (χ1) is 9.65. The molecule has 6 heteroatoms. The van der Waals surface area contributed by atoms with Crippen LogP contribution in [0.4, 0.5) is 5.69 Å². The smallest absolute Gasteiger partial charge is 0.270 e. The van der Waals surface area contributed by atoms with Gasteiger partial charge in [-0.05, 0) is 48.0 Å². The van der Waals surface area contributed by atoms with E-state index >= 15 is 0 Å². The quantitative estimate of drug-likeness (QED) is 0.284. The van der Waals surface area contributed by atoms with Crippen LogP contribution in [0.25, 0.3) is 0 Å². The third-order valence-corrected chi connectivity index (χ3v) is 3.83. The van der Waals surface area contributed by atoms with E-state index in [1.54, 1.807) is 6.07 Å². The summed E-state index contributed by atoms with van der Waals surface area (Å²) >= 11 is 2.06. The molecule has 2 N–H and O–H groups in total. The second-order valence-corrected chi connectivity index (χ2v) is 5.79. The van der Waals surface area contributed by atoms with Crippen molar-refractivity contribution in [1.29, 1.82) is 0 Å². The van der Waals surface area contributed by atoms with Crippen molar-refractivity contribution in [3.63, 3.8) is 0 Å². The number of hydrogen-bond acceptors (Lipinski definition) is 4. The zero-order chi connectivity index (χ0) is 14.8. The second-order valence-electron chi connectivity index (χ2n) is 4.63. The van der Waals surface area contributed by atoms with Crippen molar-refractivity contribution in [2.24, 2.45) is 5.73 Å². The number of nitrogens with zero attached hydrogens (tertiary/aromatic N) is 1. The van der Waals surface area contributed by atoms with Gasteiger partial charge in [-0.25, -0.2) is 0 Å². The Kier molecular flexibility index (Phi) is 8.52. The van der Waals surface area contributed by atoms with Gasteiger partial charge in [-0.1, -0.05) is 25.7 Å². The van der Waals surface area contributed by atoms with Crippen molar-refractivity contribution < 1.29 is 9.66 Å². The Bertz CT molecular complexity index is 427. The average Bonchev–Trinajstić information content (AvgIpc) is 2.43. The van der Waals surface area contributed by atoms with Crippen molar-refractivity contribution in [3.8, 4) is 5.75 Å². The number of ether oxygens (including phenoxy) is 1. The summed E-state index contributed by atoms with van der Waals surface area (Å²) in [5.74, 6) is 0.722. The van der Waals surface area contributed by atoms with E-state index in [-0.39, 0.29) is 5.69 Å². The molecule has 0 fully saturated rings. The second kappa shape index (κ2) is 9.93. The molecule has 0 saturated heterocycles. The van der Waals surface area contributed by atoms with Gasteiger partial charge in [0.05, 0.1) is 15.1 Å². The predicted molar refractivity (Wildman–Crippen MR) is 88.1 cm³/mol. The fourth-order valence-corrected chi connectivity index (χ4v) is 2.51. The number of unbranched alkanes of at least 4 members (excludes halogenated alkanes) is 5. The van der Waals surface area contributed by atoms with Gasteiger partial charge < -0.3 is 10.5 Å². The van der Waals surface area contributed by atoms with E-state index in [4.69, 9.17) is 10.5 Å². The van der Waals surface area contributed by atoms with Gasteiger partial charge in [0.1, 0.15) is 5.75 Å². The first-order valence-corrected chi connectivity index (χ1v) is 8.00. The molecule has 0 amide bonds. The van der Waals surface area contributed by atoms with Gasteiger partial charge >= 0.3 is 0 Å². The van der Waals surface area contributed by atoms with Crippen molar-refractivity contribution in [2.45, 2.75) is 38.5 Å². The van der Waals surface area contributed by atoms with Crippen LogP contribution in [0.5, 0.6) is 5.75 Å². The maximum atomic E-state index is 10.6. The van der Waals surface area contributed by atoms with Crippen molar-refractivity contribution >= 4 is 28.3 Å². The van der Waals surface area contributed by atoms with Crippen molar-refractivity contribution in [1.82, 2.24) is 0 Å². The standard InChI is InChI=1S/C14H21IN2O3/c15-13-11-12(17(18)19)7-8-14(13)20-10-6-4-2-1-3-5-9-16/h7-8,11H,1-6,9-10,16H2. The third-order valence-electron chi connectivity index (χ3n) is 2.98. The minimum atomic E-state index is -0.396. The summed E-state index contributed by atoms with van der Waals surface area (Å²) in [4.78, 5) is 10.2. The van der Waals surface area contributed by atoms with Crippen molar-refractivity contribution in [3.05, 3.63) is 31.9 Å². The fourth-order valence-electron chi connectivity index (χ4n) is 1.86. The van der Waals surface area contributed by atoms with Gasteiger partial charge in [0.2, 0.25) is 0 Å². The predicted octanol–water partition coefficient (Wildman–Crippen LogP) is 3.88. The summed E-state index contributed by atoms with van der Waals surface area (Å²) in [5.41, 5.74) is 5.53. The Hall–Kier alpha value is -0.890. The monoisotopic (exact) mass is 392 g/mol. The summed E-state index contributed by atoms with van der Waals surface area (Å²) in [6.45, 7) is 1.44. The molecule has 0 heterocycles. The number of nitro benzene ring substituents is 1. The van der Waals surface area contributed by atoms with Crippen LogP contribution in [-0.2, 0) is 0 Å². The molecule has 0 spiro atoms. The van der Waals surface area contributed by atoms with E-state index < -0.39 is 4.92 Å². The highest BCUT2D eigenvalue weighted by Gasteiger charge is 2.09. The van der Waals surface area contributed by atoms with Crippen LogP contribution >= 0.6 is 22.6 Å². The average molecular weight is 392 g/mol. The van der Waals surface area contributed by atoms with Crippen molar-refractivity contribution in [2.75, 3.05) is 13.2 Å². The Morgan fingerprint density at radius 3 is 2.40 bits per heavy atom. The first-order valence-electron chi connectivity index (χ1n) is 6.92. The highest BCUT2D eigenvalue weighted by Crippen LogP contribution is 2.25. The summed E-state index contributed by atoms with van der Waals surface area (Å²) in [5, 5.41) is 10.6. The molecule has 0 aliphatic heterocycles. The zero-order valence-corrected chi connectivity index (χ0v) is 13.7. The molecule has 0 aliphatic rings. The Morgan fingerprint density at radius 1 is 1.15 bits per heavy atom. The van der Waals surface area contributed by atoms with E-state index in [0.29, 0.717) is 6.61 Å². The number of rotatable bonds is 10. The fraction of sp³-hybridized carbons (Fsp3) is 0.571. The molecular weight excluding hydrogens is 371 g/mol. The molecule has 0 radical (unpaired) electrons. The molecule has 5 nitrogen and oxygen atoms in total. The topological polar surface area (TPSA) is 78.4 Å². The van der Waals surface area contributed by atoms with Gasteiger partial charge in [-0.2, -0.15) is 0 Å². The number of benzene rings is 1. The van der Waals surface area contributed by atoms with E-state index in [1.165, 1.54) is 31.4 Å². The number of non-ortho nitro benzene ring substituents is 1. The van der Waals surface area contributed by atoms with E-state index in [2.05, 4.69) is 22.6 Å². The zero-order valence-electron chi connectivity index (χ0n) is 11.5. The highest BCUT2D eigenvalue weighted by atomic mass is 127. The minimum Gasteiger partial charge on any atom is -0.492 e. The molecule has 112 valence electrons. The van der Waals surface area contributed by atoms with Crippen LogP contribution in [0.2, 0.25) is 0 Å². The van der Waals surface area contributed by atoms with Crippen LogP contribution < -0.4 is 10.5 Å². The summed E-state index contributed by atoms with van der Waals surface area (Å²) < 4.78 is 6.43. The maximum absolute atomic E-state index is 10.6. The van der Waals surface area contributed by atoms with Gasteiger partial charge in [-0.15, -0.1) is 0 Å². The molecule has 0 aromatic heterocycles. The number of hydrogen-bond donors (Lipinski definition) is 1. The highest BCUT2D eigenvalue weighted by molar-refractivity contribution is 14.1. The van der Waals surface area contributed by atoms with E-state index in [1.807, 2.05) is 0 Å². The molecule has 0 unspecified atom stereocenters. The lowest BCUT2D eigenvalue weighted by Gasteiger charge is -2.08. The van der Waals surface area contributed by atoms with E-state index in [0.717, 1.165) is 35.1 Å². The van der Waals surface area contributed by atoms with Gasteiger partial charge in [-0.3, -0.25) is 10.1 Å². The van der Waals surface area contributed by atoms with Crippen LogP contribution in [0, 0.1) is 13.7 Å². The van der Waals surface area contributed by atoms with Gasteiger partial charge in [0.15, 0.2) is 0 Å². The molecule has 0 saturated carbocycles. The molecule has 0 bridgehead atoms. The van der Waals surface area contributed by atoms with Crippen LogP contribution in [0.1, 0.15) is 38.5 Å². The molecular formula is C14H21IN2O3. The summed E-state index contributed by atoms with van der Waals surface area (Å²) in [6, 6.07) is 4.67. The lowest BCUT2D eigenvalue weighted by molar-refractivity contribution is -0.385. The normalized spacial score (nSPS) is 10.5. The van der Waals surface area contributed by atoms with Gasteiger partial charge in [0.25, 0.3) is 5.69 Å². The number of halogens is 1. The summed E-state index contributed by atoms with van der Waals surface area (Å²) in [6.07, 6.45) is 6.91. The SMILES string of the molecule is NCCCCCCCCOc1ccc([N+](=O)[O-])cc1I. The Morgan fingerprint density at radius 2 is 1.80 bits per heavy atom. The van der Waals surface area contributed by atoms with Crippen LogP contribution in [-0.4, -0.2) is 18.1 Å². The van der Waals surface area contributed by atoms with Gasteiger partial charge in [0, 0.05) is 12.1 Å². The molecule has 1 aromatic carbocycles. The lowest BCUT2D eigenvalue weighted by atomic mass is 10.1. The Balaban J connectivity index is 2.20. The first kappa shape index (κ1) is 17.2.